The van der Waals surface area contributed by atoms with Crippen LogP contribution in [0, 0.1) is 23.2 Å². The van der Waals surface area contributed by atoms with Gasteiger partial charge in [-0.1, -0.05) is 0 Å². The van der Waals surface area contributed by atoms with Crippen molar-refractivity contribution in [2.45, 2.75) is 0 Å². The van der Waals surface area contributed by atoms with Gasteiger partial charge in [-0.2, -0.15) is 5.26 Å². The number of nitrogens with zero attached hydrogens (tertiary/aromatic N) is 2. The van der Waals surface area contributed by atoms with E-state index in [0.29, 0.717) is 17.5 Å². The molecule has 0 aliphatic heterocycles. The van der Waals surface area contributed by atoms with Crippen LogP contribution in [-0.2, 0) is 4.79 Å². The van der Waals surface area contributed by atoms with Gasteiger partial charge in [-0.05, 0) is 24.0 Å². The minimum Gasteiger partial charge on any atom is -0.289 e. The number of rotatable bonds is 0. The molecule has 56 valence electrons. The zero-order valence-corrected chi connectivity index (χ0v) is 6.11. The van der Waals surface area contributed by atoms with E-state index in [0.717, 1.165) is 0 Å². The van der Waals surface area contributed by atoms with Crippen LogP contribution < -0.4 is 0 Å². The number of carbonyl (C=O) groups excluding carboxylic acids is 1. The first-order chi connectivity index (χ1) is 5.86. The summed E-state index contributed by atoms with van der Waals surface area (Å²) in [5.74, 6) is 4.73. The number of hydrogen-bond donors (Lipinski definition) is 0. The summed E-state index contributed by atoms with van der Waals surface area (Å²) in [6.45, 7) is 0. The molecular weight excluding hydrogens is 152 g/mol. The molecule has 0 aliphatic rings. The molecule has 0 atom stereocenters. The number of hydrogen-bond acceptors (Lipinski definition) is 3. The highest BCUT2D eigenvalue weighted by Crippen LogP contribution is 1.96. The largest absolute Gasteiger partial charge is 0.289 e. The van der Waals surface area contributed by atoms with E-state index in [-0.39, 0.29) is 0 Å². The van der Waals surface area contributed by atoms with Crippen LogP contribution in [0.15, 0.2) is 18.3 Å². The molecule has 0 bridgehead atoms. The van der Waals surface area contributed by atoms with Gasteiger partial charge in [0.15, 0.2) is 6.29 Å². The van der Waals surface area contributed by atoms with Crippen molar-refractivity contribution in [2.75, 3.05) is 0 Å². The van der Waals surface area contributed by atoms with Gasteiger partial charge in [-0.25, -0.2) is 4.98 Å². The topological polar surface area (TPSA) is 53.8 Å². The molecule has 0 spiro atoms. The molecule has 0 fully saturated rings. The van der Waals surface area contributed by atoms with E-state index in [2.05, 4.69) is 16.8 Å². The van der Waals surface area contributed by atoms with Gasteiger partial charge in [0.05, 0.1) is 5.56 Å². The molecule has 3 nitrogen and oxygen atoms in total. The van der Waals surface area contributed by atoms with E-state index in [1.165, 1.54) is 6.20 Å². The third kappa shape index (κ3) is 1.93. The molecule has 0 aliphatic carbocycles. The molecule has 0 unspecified atom stereocenters. The van der Waals surface area contributed by atoms with Gasteiger partial charge in [0.2, 0.25) is 0 Å². The number of nitriles is 1. The minimum atomic E-state index is 0.478. The fourth-order valence-electron chi connectivity index (χ4n) is 0.637. The fourth-order valence-corrected chi connectivity index (χ4v) is 0.637. The maximum atomic E-state index is 9.85. The van der Waals surface area contributed by atoms with Crippen molar-refractivity contribution in [3.63, 3.8) is 0 Å². The maximum Gasteiger partial charge on any atom is 0.193 e. The van der Waals surface area contributed by atoms with Crippen molar-refractivity contribution in [2.24, 2.45) is 0 Å². The zero-order chi connectivity index (χ0) is 8.81. The van der Waals surface area contributed by atoms with Crippen molar-refractivity contribution in [1.29, 1.82) is 5.26 Å². The van der Waals surface area contributed by atoms with Crippen LogP contribution in [0.3, 0.4) is 0 Å². The highest BCUT2D eigenvalue weighted by Gasteiger charge is 1.89. The number of pyridine rings is 1. The van der Waals surface area contributed by atoms with Gasteiger partial charge < -0.3 is 0 Å². The lowest BCUT2D eigenvalue weighted by molar-refractivity contribution is -0.103. The SMILES string of the molecule is N#Cc1ccc(C#CC=O)nc1. The summed E-state index contributed by atoms with van der Waals surface area (Å²) in [5.41, 5.74) is 0.966. The number of aromatic nitrogens is 1. The average Bonchev–Trinajstić information content (AvgIpc) is 2.15. The molecule has 0 aromatic carbocycles. The lowest BCUT2D eigenvalue weighted by Gasteiger charge is -1.87. The molecule has 1 aromatic heterocycles. The van der Waals surface area contributed by atoms with Crippen molar-refractivity contribution in [3.8, 4) is 17.9 Å². The summed E-state index contributed by atoms with van der Waals surface area (Å²) in [6.07, 6.45) is 1.91. The summed E-state index contributed by atoms with van der Waals surface area (Å²) in [7, 11) is 0. The van der Waals surface area contributed by atoms with Crippen LogP contribution in [0.4, 0.5) is 0 Å². The van der Waals surface area contributed by atoms with E-state index in [1.54, 1.807) is 12.1 Å². The molecule has 1 rings (SSSR count). The fraction of sp³-hybridized carbons (Fsp3) is 0. The Hall–Kier alpha value is -2.13. The van der Waals surface area contributed by atoms with Gasteiger partial charge >= 0.3 is 0 Å². The predicted molar refractivity (Wildman–Crippen MR) is 41.9 cm³/mol. The Kier molecular flexibility index (Phi) is 2.59. The Bertz CT molecular complexity index is 376. The van der Waals surface area contributed by atoms with Crippen molar-refractivity contribution < 1.29 is 4.79 Å². The summed E-state index contributed by atoms with van der Waals surface area (Å²) in [4.78, 5) is 13.7. The van der Waals surface area contributed by atoms with Crippen LogP contribution in [0.5, 0.6) is 0 Å². The summed E-state index contributed by atoms with van der Waals surface area (Å²) in [5, 5.41) is 8.42. The Morgan fingerprint density at radius 2 is 2.33 bits per heavy atom. The smallest absolute Gasteiger partial charge is 0.193 e. The lowest BCUT2D eigenvalue weighted by atomic mass is 10.3. The highest BCUT2D eigenvalue weighted by molar-refractivity contribution is 5.73. The van der Waals surface area contributed by atoms with E-state index in [9.17, 15) is 4.79 Å². The van der Waals surface area contributed by atoms with Crippen LogP contribution in [0.1, 0.15) is 11.3 Å². The standard InChI is InChI=1S/C9H4N2O/c10-6-8-3-4-9(11-7-8)2-1-5-12/h3-5,7H. The average molecular weight is 156 g/mol. The van der Waals surface area contributed by atoms with Crippen LogP contribution in [0.25, 0.3) is 0 Å². The first-order valence-electron chi connectivity index (χ1n) is 3.18. The Morgan fingerprint density at radius 1 is 1.50 bits per heavy atom. The second kappa shape index (κ2) is 3.90. The van der Waals surface area contributed by atoms with Crippen LogP contribution >= 0.6 is 0 Å². The predicted octanol–water partition coefficient (Wildman–Crippen LogP) is 0.504. The third-order valence-electron chi connectivity index (χ3n) is 1.15. The molecule has 0 radical (unpaired) electrons. The van der Waals surface area contributed by atoms with Crippen molar-refractivity contribution in [3.05, 3.63) is 29.6 Å². The lowest BCUT2D eigenvalue weighted by Crippen LogP contribution is -1.82. The van der Waals surface area contributed by atoms with Crippen molar-refractivity contribution >= 4 is 6.29 Å². The molecule has 0 N–H and O–H groups in total. The quantitative estimate of drug-likeness (QED) is 0.406. The van der Waals surface area contributed by atoms with Crippen LogP contribution in [-0.4, -0.2) is 11.3 Å². The van der Waals surface area contributed by atoms with Gasteiger partial charge in [-0.3, -0.25) is 4.79 Å². The van der Waals surface area contributed by atoms with Crippen LogP contribution in [0.2, 0.25) is 0 Å². The molecule has 0 amide bonds. The Balaban J connectivity index is 2.94. The van der Waals surface area contributed by atoms with E-state index in [1.807, 2.05) is 6.07 Å². The molecule has 1 aromatic rings. The molecule has 12 heavy (non-hydrogen) atoms. The van der Waals surface area contributed by atoms with E-state index >= 15 is 0 Å². The molecule has 0 saturated heterocycles. The van der Waals surface area contributed by atoms with Crippen molar-refractivity contribution in [1.82, 2.24) is 4.98 Å². The number of carbonyl (C=O) groups is 1. The third-order valence-corrected chi connectivity index (χ3v) is 1.15. The normalized spacial score (nSPS) is 7.58. The molecule has 0 saturated carbocycles. The summed E-state index contributed by atoms with van der Waals surface area (Å²) < 4.78 is 0. The Morgan fingerprint density at radius 3 is 2.83 bits per heavy atom. The molecular formula is C9H4N2O. The van der Waals surface area contributed by atoms with E-state index < -0.39 is 0 Å². The monoisotopic (exact) mass is 156 g/mol. The van der Waals surface area contributed by atoms with Gasteiger partial charge in [0.25, 0.3) is 0 Å². The molecule has 3 heteroatoms. The zero-order valence-electron chi connectivity index (χ0n) is 6.11. The summed E-state index contributed by atoms with van der Waals surface area (Å²) in [6, 6.07) is 5.12. The first-order valence-corrected chi connectivity index (χ1v) is 3.18. The second-order valence-electron chi connectivity index (χ2n) is 1.93. The molecule has 1 heterocycles. The highest BCUT2D eigenvalue weighted by atomic mass is 16.1. The maximum absolute atomic E-state index is 9.85. The van der Waals surface area contributed by atoms with E-state index in [4.69, 9.17) is 5.26 Å². The van der Waals surface area contributed by atoms with Gasteiger partial charge in [-0.15, -0.1) is 0 Å². The Labute approximate surface area is 69.7 Å². The number of aldehydes is 1. The summed E-state index contributed by atoms with van der Waals surface area (Å²) >= 11 is 0. The first kappa shape index (κ1) is 7.97. The van der Waals surface area contributed by atoms with Gasteiger partial charge in [0, 0.05) is 6.20 Å². The second-order valence-corrected chi connectivity index (χ2v) is 1.93. The van der Waals surface area contributed by atoms with Gasteiger partial charge in [0.1, 0.15) is 11.8 Å². The minimum absolute atomic E-state index is 0.478.